The molecule has 1 aromatic carbocycles. The van der Waals surface area contributed by atoms with Crippen molar-refractivity contribution in [3.8, 4) is 5.69 Å². The highest BCUT2D eigenvalue weighted by Gasteiger charge is 2.02. The quantitative estimate of drug-likeness (QED) is 0.792. The van der Waals surface area contributed by atoms with Gasteiger partial charge in [0.2, 0.25) is 0 Å². The maximum atomic E-state index is 5.67. The lowest BCUT2D eigenvalue weighted by atomic mass is 10.2. The average molecular weight is 252 g/mol. The van der Waals surface area contributed by atoms with E-state index in [1.807, 2.05) is 36.0 Å². The van der Waals surface area contributed by atoms with E-state index in [0.29, 0.717) is 0 Å². The Kier molecular flexibility index (Phi) is 2.29. The number of nitrogens with zero attached hydrogens (tertiary/aromatic N) is 2. The molecule has 0 aliphatic carbocycles. The molecular formula is C10H10BrN3. The van der Waals surface area contributed by atoms with Gasteiger partial charge in [0.15, 0.2) is 0 Å². The Morgan fingerprint density at radius 3 is 2.79 bits per heavy atom. The second-order valence-corrected chi connectivity index (χ2v) is 4.06. The Morgan fingerprint density at radius 2 is 2.21 bits per heavy atom. The number of hydrogen-bond acceptors (Lipinski definition) is 2. The molecule has 0 radical (unpaired) electrons. The molecule has 1 aromatic heterocycles. The van der Waals surface area contributed by atoms with E-state index >= 15 is 0 Å². The summed E-state index contributed by atoms with van der Waals surface area (Å²) in [6.07, 6.45) is 3.67. The minimum atomic E-state index is 0.775. The van der Waals surface area contributed by atoms with Gasteiger partial charge < -0.3 is 5.73 Å². The fraction of sp³-hybridized carbons (Fsp3) is 0.100. The number of rotatable bonds is 1. The van der Waals surface area contributed by atoms with Gasteiger partial charge in [-0.15, -0.1) is 0 Å². The van der Waals surface area contributed by atoms with Gasteiger partial charge >= 0.3 is 0 Å². The molecule has 3 nitrogen and oxygen atoms in total. The van der Waals surface area contributed by atoms with Gasteiger partial charge in [0.25, 0.3) is 0 Å². The highest BCUT2D eigenvalue weighted by atomic mass is 79.9. The number of hydrogen-bond donors (Lipinski definition) is 1. The molecule has 0 amide bonds. The van der Waals surface area contributed by atoms with Crippen LogP contribution in [-0.4, -0.2) is 9.78 Å². The van der Waals surface area contributed by atoms with Gasteiger partial charge in [0, 0.05) is 11.9 Å². The number of aryl methyl sites for hydroxylation is 1. The number of anilines is 1. The van der Waals surface area contributed by atoms with Crippen molar-refractivity contribution in [3.05, 3.63) is 40.6 Å². The van der Waals surface area contributed by atoms with Crippen LogP contribution in [0.1, 0.15) is 5.56 Å². The third-order valence-corrected chi connectivity index (χ3v) is 2.43. The van der Waals surface area contributed by atoms with Crippen molar-refractivity contribution in [3.63, 3.8) is 0 Å². The van der Waals surface area contributed by atoms with Crippen LogP contribution in [0.3, 0.4) is 0 Å². The monoisotopic (exact) mass is 251 g/mol. The lowest BCUT2D eigenvalue weighted by Gasteiger charge is -2.05. The topological polar surface area (TPSA) is 43.8 Å². The number of benzene rings is 1. The fourth-order valence-corrected chi connectivity index (χ4v) is 1.65. The summed E-state index contributed by atoms with van der Waals surface area (Å²) in [4.78, 5) is 0. The molecule has 2 aromatic rings. The molecular weight excluding hydrogens is 242 g/mol. The SMILES string of the molecule is Cc1cc(N)ccc1-n1cc(Br)cn1. The molecule has 0 aliphatic rings. The first-order valence-electron chi connectivity index (χ1n) is 4.23. The maximum absolute atomic E-state index is 5.67. The summed E-state index contributed by atoms with van der Waals surface area (Å²) in [7, 11) is 0. The third-order valence-electron chi connectivity index (χ3n) is 2.02. The van der Waals surface area contributed by atoms with Crippen molar-refractivity contribution in [2.45, 2.75) is 6.92 Å². The summed E-state index contributed by atoms with van der Waals surface area (Å²) < 4.78 is 2.78. The molecule has 14 heavy (non-hydrogen) atoms. The van der Waals surface area contributed by atoms with Gasteiger partial charge in [-0.25, -0.2) is 4.68 Å². The first-order valence-corrected chi connectivity index (χ1v) is 5.03. The molecule has 0 saturated heterocycles. The molecule has 2 rings (SSSR count). The van der Waals surface area contributed by atoms with Crippen LogP contribution in [0.4, 0.5) is 5.69 Å². The van der Waals surface area contributed by atoms with Crippen molar-refractivity contribution in [1.29, 1.82) is 0 Å². The van der Waals surface area contributed by atoms with E-state index in [2.05, 4.69) is 21.0 Å². The second-order valence-electron chi connectivity index (χ2n) is 3.15. The zero-order chi connectivity index (χ0) is 10.1. The summed E-state index contributed by atoms with van der Waals surface area (Å²) >= 11 is 3.36. The Hall–Kier alpha value is -1.29. The molecule has 0 fully saturated rings. The molecule has 0 atom stereocenters. The zero-order valence-corrected chi connectivity index (χ0v) is 9.32. The van der Waals surface area contributed by atoms with Crippen LogP contribution in [0.2, 0.25) is 0 Å². The van der Waals surface area contributed by atoms with E-state index < -0.39 is 0 Å². The van der Waals surface area contributed by atoms with Crippen LogP contribution >= 0.6 is 15.9 Å². The van der Waals surface area contributed by atoms with Crippen LogP contribution in [-0.2, 0) is 0 Å². The lowest BCUT2D eigenvalue weighted by molar-refractivity contribution is 0.873. The van der Waals surface area contributed by atoms with E-state index in [4.69, 9.17) is 5.73 Å². The van der Waals surface area contributed by atoms with E-state index in [1.54, 1.807) is 6.20 Å². The molecule has 0 unspecified atom stereocenters. The standard InChI is InChI=1S/C10H10BrN3/c1-7-4-9(12)2-3-10(7)14-6-8(11)5-13-14/h2-6H,12H2,1H3. The highest BCUT2D eigenvalue weighted by molar-refractivity contribution is 9.10. The number of aromatic nitrogens is 2. The Labute approximate surface area is 90.7 Å². The van der Waals surface area contributed by atoms with Gasteiger partial charge in [-0.05, 0) is 46.6 Å². The highest BCUT2D eigenvalue weighted by Crippen LogP contribution is 2.18. The number of nitrogens with two attached hydrogens (primary N) is 1. The minimum absolute atomic E-state index is 0.775. The maximum Gasteiger partial charge on any atom is 0.0676 e. The molecule has 0 bridgehead atoms. The lowest BCUT2D eigenvalue weighted by Crippen LogP contribution is -1.98. The molecule has 0 spiro atoms. The Balaban J connectivity index is 2.52. The first kappa shape index (κ1) is 9.27. The normalized spacial score (nSPS) is 10.4. The summed E-state index contributed by atoms with van der Waals surface area (Å²) in [5.74, 6) is 0. The predicted octanol–water partition coefficient (Wildman–Crippen LogP) is 2.53. The van der Waals surface area contributed by atoms with Gasteiger partial charge in [-0.1, -0.05) is 0 Å². The van der Waals surface area contributed by atoms with E-state index in [0.717, 1.165) is 21.4 Å². The van der Waals surface area contributed by atoms with Crippen molar-refractivity contribution in [2.24, 2.45) is 0 Å². The van der Waals surface area contributed by atoms with Crippen molar-refractivity contribution in [1.82, 2.24) is 9.78 Å². The van der Waals surface area contributed by atoms with Crippen molar-refractivity contribution >= 4 is 21.6 Å². The fourth-order valence-electron chi connectivity index (χ4n) is 1.37. The molecule has 0 saturated carbocycles. The van der Waals surface area contributed by atoms with Crippen LogP contribution in [0.15, 0.2) is 35.1 Å². The number of halogens is 1. The summed E-state index contributed by atoms with van der Waals surface area (Å²) in [6, 6.07) is 5.77. The van der Waals surface area contributed by atoms with Crippen LogP contribution in [0.5, 0.6) is 0 Å². The minimum Gasteiger partial charge on any atom is -0.399 e. The van der Waals surface area contributed by atoms with Gasteiger partial charge in [-0.3, -0.25) is 0 Å². The van der Waals surface area contributed by atoms with Gasteiger partial charge in [0.05, 0.1) is 16.4 Å². The summed E-state index contributed by atoms with van der Waals surface area (Å²) in [5.41, 5.74) is 8.61. The average Bonchev–Trinajstić information content (AvgIpc) is 2.51. The number of nitrogen functional groups attached to an aromatic ring is 1. The molecule has 4 heteroatoms. The van der Waals surface area contributed by atoms with Crippen molar-refractivity contribution < 1.29 is 0 Å². The molecule has 1 heterocycles. The third kappa shape index (κ3) is 1.65. The summed E-state index contributed by atoms with van der Waals surface area (Å²) in [6.45, 7) is 2.02. The predicted molar refractivity (Wildman–Crippen MR) is 60.4 cm³/mol. The van der Waals surface area contributed by atoms with Crippen LogP contribution in [0.25, 0.3) is 5.69 Å². The molecule has 0 aliphatic heterocycles. The van der Waals surface area contributed by atoms with Gasteiger partial charge in [0.1, 0.15) is 0 Å². The summed E-state index contributed by atoms with van der Waals surface area (Å²) in [5, 5.41) is 4.21. The second kappa shape index (κ2) is 3.46. The van der Waals surface area contributed by atoms with E-state index in [9.17, 15) is 0 Å². The van der Waals surface area contributed by atoms with Gasteiger partial charge in [-0.2, -0.15) is 5.10 Å². The first-order chi connectivity index (χ1) is 6.66. The molecule has 72 valence electrons. The van der Waals surface area contributed by atoms with E-state index in [1.165, 1.54) is 0 Å². The molecule has 2 N–H and O–H groups in total. The Bertz CT molecular complexity index is 462. The van der Waals surface area contributed by atoms with E-state index in [-0.39, 0.29) is 0 Å². The van der Waals surface area contributed by atoms with Crippen LogP contribution < -0.4 is 5.73 Å². The smallest absolute Gasteiger partial charge is 0.0676 e. The Morgan fingerprint density at radius 1 is 1.43 bits per heavy atom. The van der Waals surface area contributed by atoms with Crippen LogP contribution in [0, 0.1) is 6.92 Å². The largest absolute Gasteiger partial charge is 0.399 e. The zero-order valence-electron chi connectivity index (χ0n) is 7.74. The van der Waals surface area contributed by atoms with Crippen molar-refractivity contribution in [2.75, 3.05) is 5.73 Å².